The molecule has 2 rings (SSSR count). The van der Waals surface area contributed by atoms with Crippen molar-refractivity contribution in [1.82, 2.24) is 0 Å². The van der Waals surface area contributed by atoms with Crippen LogP contribution in [0.3, 0.4) is 0 Å². The number of halogens is 2. The molecule has 1 aromatic carbocycles. The Hall–Kier alpha value is -1.65. The van der Waals surface area contributed by atoms with Crippen molar-refractivity contribution < 1.29 is 23.4 Å². The van der Waals surface area contributed by atoms with Gasteiger partial charge in [-0.05, 0) is 12.5 Å². The van der Waals surface area contributed by atoms with Gasteiger partial charge < -0.3 is 9.84 Å². The standard InChI is InChI=1S/C11H10F2O3/c12-8-3-1-6-5-7(2-4-9(14)15)16-11(6)10(8)13/h1,3,7H,2,4-5H2,(H,14,15). The number of ether oxygens (including phenoxy) is 1. The Labute approximate surface area is 90.7 Å². The van der Waals surface area contributed by atoms with Gasteiger partial charge in [-0.15, -0.1) is 0 Å². The van der Waals surface area contributed by atoms with Crippen LogP contribution in [0.25, 0.3) is 0 Å². The smallest absolute Gasteiger partial charge is 0.303 e. The topological polar surface area (TPSA) is 46.5 Å². The maximum Gasteiger partial charge on any atom is 0.303 e. The number of carbonyl (C=O) groups is 1. The van der Waals surface area contributed by atoms with Crippen LogP contribution in [0.2, 0.25) is 0 Å². The van der Waals surface area contributed by atoms with E-state index in [1.165, 1.54) is 6.07 Å². The van der Waals surface area contributed by atoms with E-state index in [9.17, 15) is 13.6 Å². The molecule has 0 amide bonds. The van der Waals surface area contributed by atoms with Crippen LogP contribution in [0.5, 0.6) is 5.75 Å². The Morgan fingerprint density at radius 2 is 2.25 bits per heavy atom. The number of benzene rings is 1. The minimum Gasteiger partial charge on any atom is -0.487 e. The van der Waals surface area contributed by atoms with Gasteiger partial charge in [0.15, 0.2) is 11.6 Å². The van der Waals surface area contributed by atoms with E-state index in [2.05, 4.69) is 0 Å². The Balaban J connectivity index is 2.09. The summed E-state index contributed by atoms with van der Waals surface area (Å²) in [6, 6.07) is 2.52. The molecule has 1 atom stereocenters. The van der Waals surface area contributed by atoms with Crippen LogP contribution >= 0.6 is 0 Å². The van der Waals surface area contributed by atoms with Gasteiger partial charge >= 0.3 is 5.97 Å². The third-order valence-electron chi connectivity index (χ3n) is 2.54. The van der Waals surface area contributed by atoms with Gasteiger partial charge in [-0.2, -0.15) is 4.39 Å². The van der Waals surface area contributed by atoms with Crippen LogP contribution in [0, 0.1) is 11.6 Å². The van der Waals surface area contributed by atoms with Crippen molar-refractivity contribution in [1.29, 1.82) is 0 Å². The minimum atomic E-state index is -0.990. The molecule has 0 aromatic heterocycles. The van der Waals surface area contributed by atoms with Crippen LogP contribution in [0.4, 0.5) is 8.78 Å². The molecule has 1 aliphatic heterocycles. The number of fused-ring (bicyclic) bond motifs is 1. The van der Waals surface area contributed by atoms with Gasteiger partial charge in [-0.3, -0.25) is 4.79 Å². The molecule has 86 valence electrons. The molecule has 3 nitrogen and oxygen atoms in total. The first-order valence-corrected chi connectivity index (χ1v) is 4.93. The van der Waals surface area contributed by atoms with Crippen LogP contribution in [0.1, 0.15) is 18.4 Å². The van der Waals surface area contributed by atoms with Crippen molar-refractivity contribution >= 4 is 5.97 Å². The Morgan fingerprint density at radius 3 is 2.94 bits per heavy atom. The largest absolute Gasteiger partial charge is 0.487 e. The fourth-order valence-corrected chi connectivity index (χ4v) is 1.76. The zero-order chi connectivity index (χ0) is 11.7. The molecule has 0 fully saturated rings. The molecule has 1 aromatic rings. The molecule has 0 bridgehead atoms. The van der Waals surface area contributed by atoms with Gasteiger partial charge in [0, 0.05) is 18.4 Å². The maximum absolute atomic E-state index is 13.3. The van der Waals surface area contributed by atoms with Crippen LogP contribution in [0.15, 0.2) is 12.1 Å². The van der Waals surface area contributed by atoms with Crippen molar-refractivity contribution in [2.24, 2.45) is 0 Å². The van der Waals surface area contributed by atoms with Crippen LogP contribution in [-0.2, 0) is 11.2 Å². The molecule has 0 aliphatic carbocycles. The highest BCUT2D eigenvalue weighted by atomic mass is 19.2. The SMILES string of the molecule is O=C(O)CCC1Cc2ccc(F)c(F)c2O1. The van der Waals surface area contributed by atoms with E-state index < -0.39 is 17.6 Å². The number of carboxylic acids is 1. The number of carboxylic acid groups (broad SMARTS) is 1. The predicted octanol–water partition coefficient (Wildman–Crippen LogP) is 2.13. The minimum absolute atomic E-state index is 0.0389. The maximum atomic E-state index is 13.3. The normalized spacial score (nSPS) is 18.0. The zero-order valence-electron chi connectivity index (χ0n) is 8.37. The summed E-state index contributed by atoms with van der Waals surface area (Å²) in [6.07, 6.45) is 0.315. The lowest BCUT2D eigenvalue weighted by atomic mass is 10.1. The first-order chi connectivity index (χ1) is 7.58. The fourth-order valence-electron chi connectivity index (χ4n) is 1.76. The number of aliphatic carboxylic acids is 1. The summed E-state index contributed by atoms with van der Waals surface area (Å²) in [5.41, 5.74) is 0.592. The summed E-state index contributed by atoms with van der Waals surface area (Å²) in [6.45, 7) is 0. The second-order valence-corrected chi connectivity index (χ2v) is 3.73. The Bertz CT molecular complexity index is 431. The third-order valence-corrected chi connectivity index (χ3v) is 2.54. The first-order valence-electron chi connectivity index (χ1n) is 4.93. The van der Waals surface area contributed by atoms with Crippen molar-refractivity contribution in [2.75, 3.05) is 0 Å². The summed E-state index contributed by atoms with van der Waals surface area (Å²) >= 11 is 0. The van der Waals surface area contributed by atoms with Gasteiger partial charge in [-0.1, -0.05) is 6.07 Å². The van der Waals surface area contributed by atoms with Gasteiger partial charge in [0.25, 0.3) is 0 Å². The molecule has 0 radical (unpaired) electrons. The van der Waals surface area contributed by atoms with E-state index in [4.69, 9.17) is 9.84 Å². The molecule has 0 saturated heterocycles. The molecule has 1 unspecified atom stereocenters. The van der Waals surface area contributed by atoms with Crippen molar-refractivity contribution in [3.05, 3.63) is 29.3 Å². The van der Waals surface area contributed by atoms with Crippen LogP contribution in [-0.4, -0.2) is 17.2 Å². The lowest BCUT2D eigenvalue weighted by Crippen LogP contribution is -2.14. The average molecular weight is 228 g/mol. The molecule has 0 saturated carbocycles. The average Bonchev–Trinajstić information content (AvgIpc) is 2.64. The Morgan fingerprint density at radius 1 is 1.50 bits per heavy atom. The Kier molecular flexibility index (Phi) is 2.77. The summed E-state index contributed by atoms with van der Waals surface area (Å²) in [5.74, 6) is -2.94. The van der Waals surface area contributed by atoms with Gasteiger partial charge in [0.05, 0.1) is 0 Å². The molecule has 0 spiro atoms. The van der Waals surface area contributed by atoms with Crippen molar-refractivity contribution in [3.63, 3.8) is 0 Å². The van der Waals surface area contributed by atoms with Gasteiger partial charge in [0.2, 0.25) is 5.82 Å². The fraction of sp³-hybridized carbons (Fsp3) is 0.364. The van der Waals surface area contributed by atoms with Crippen molar-refractivity contribution in [3.8, 4) is 5.75 Å². The first kappa shape index (κ1) is 10.9. The second kappa shape index (κ2) is 4.08. The quantitative estimate of drug-likeness (QED) is 0.862. The lowest BCUT2D eigenvalue weighted by molar-refractivity contribution is -0.137. The van der Waals surface area contributed by atoms with E-state index in [0.717, 1.165) is 6.07 Å². The summed E-state index contributed by atoms with van der Waals surface area (Å²) < 4.78 is 31.3. The summed E-state index contributed by atoms with van der Waals surface area (Å²) in [4.78, 5) is 10.4. The van der Waals surface area contributed by atoms with E-state index >= 15 is 0 Å². The molecule has 5 heteroatoms. The third kappa shape index (κ3) is 1.98. The molecule has 1 heterocycles. The van der Waals surface area contributed by atoms with E-state index in [1.54, 1.807) is 0 Å². The number of hydrogen-bond donors (Lipinski definition) is 1. The van der Waals surface area contributed by atoms with Crippen molar-refractivity contribution in [2.45, 2.75) is 25.4 Å². The number of rotatable bonds is 3. The molecular formula is C11H10F2O3. The molecule has 16 heavy (non-hydrogen) atoms. The van der Waals surface area contributed by atoms with Gasteiger partial charge in [0.1, 0.15) is 6.10 Å². The monoisotopic (exact) mass is 228 g/mol. The van der Waals surface area contributed by atoms with Gasteiger partial charge in [-0.25, -0.2) is 4.39 Å². The predicted molar refractivity (Wildman–Crippen MR) is 51.3 cm³/mol. The molecular weight excluding hydrogens is 218 g/mol. The lowest BCUT2D eigenvalue weighted by Gasteiger charge is -2.08. The highest BCUT2D eigenvalue weighted by Gasteiger charge is 2.27. The van der Waals surface area contributed by atoms with E-state index in [0.29, 0.717) is 18.4 Å². The highest BCUT2D eigenvalue weighted by molar-refractivity contribution is 5.66. The zero-order valence-corrected chi connectivity index (χ0v) is 8.37. The van der Waals surface area contributed by atoms with E-state index in [1.807, 2.05) is 0 Å². The second-order valence-electron chi connectivity index (χ2n) is 3.73. The molecule has 1 aliphatic rings. The summed E-state index contributed by atoms with van der Waals surface area (Å²) in [5, 5.41) is 8.50. The highest BCUT2D eigenvalue weighted by Crippen LogP contribution is 2.34. The summed E-state index contributed by atoms with van der Waals surface area (Å²) in [7, 11) is 0. The van der Waals surface area contributed by atoms with Crippen LogP contribution < -0.4 is 4.74 Å². The molecule has 1 N–H and O–H groups in total. The number of hydrogen-bond acceptors (Lipinski definition) is 2. The van der Waals surface area contributed by atoms with E-state index in [-0.39, 0.29) is 18.3 Å².